The van der Waals surface area contributed by atoms with E-state index in [1.54, 1.807) is 197 Å². The van der Waals surface area contributed by atoms with Crippen LogP contribution in [0.5, 0.6) is 0 Å². The van der Waals surface area contributed by atoms with E-state index in [-0.39, 0.29) is 78.9 Å². The Morgan fingerprint density at radius 3 is 1.24 bits per heavy atom. The van der Waals surface area contributed by atoms with Crippen molar-refractivity contribution >= 4 is 94.5 Å². The van der Waals surface area contributed by atoms with Gasteiger partial charge in [0.2, 0.25) is 6.10 Å². The van der Waals surface area contributed by atoms with Gasteiger partial charge in [0.15, 0.2) is 52.0 Å². The Bertz CT molecular complexity index is 5580. The summed E-state index contributed by atoms with van der Waals surface area (Å²) in [6, 6.07) is 29.9. The largest absolute Gasteiger partial charge is 0.481 e. The lowest BCUT2D eigenvalue weighted by Gasteiger charge is -2.68. The third-order valence-corrected chi connectivity index (χ3v) is 29.6. The van der Waals surface area contributed by atoms with Gasteiger partial charge in [-0.1, -0.05) is 149 Å². The van der Waals surface area contributed by atoms with Crippen molar-refractivity contribution in [3.8, 4) is 0 Å². The number of hydrogen-bond acceptors (Lipinski definition) is 32. The molecule has 4 aromatic carbocycles. The van der Waals surface area contributed by atoms with E-state index in [0.717, 1.165) is 29.2 Å². The lowest BCUT2D eigenvalue weighted by molar-refractivity contribution is -0.339. The summed E-state index contributed by atoms with van der Waals surface area (Å²) >= 11 is 0. The summed E-state index contributed by atoms with van der Waals surface area (Å²) in [5.74, 6) is -17.0. The molecule has 0 spiro atoms. The van der Waals surface area contributed by atoms with E-state index in [0.29, 0.717) is 11.1 Å². The molecule has 0 aromatic heterocycles. The van der Waals surface area contributed by atoms with Crippen molar-refractivity contribution in [3.05, 3.63) is 190 Å². The molecule has 2 saturated heterocycles. The predicted molar refractivity (Wildman–Crippen MR) is 488 cm³/mol. The highest BCUT2D eigenvalue weighted by molar-refractivity contribution is 6.19. The van der Waals surface area contributed by atoms with Crippen molar-refractivity contribution in [1.29, 1.82) is 0 Å². The number of aliphatic carboxylic acids is 1. The number of carboxylic acids is 1. The molecule has 36 heteroatoms. The summed E-state index contributed by atoms with van der Waals surface area (Å²) in [6.07, 6.45) is -16.3. The quantitative estimate of drug-likeness (QED) is 0.00752. The van der Waals surface area contributed by atoms with Gasteiger partial charge in [-0.2, -0.15) is 0 Å². The van der Waals surface area contributed by atoms with Crippen molar-refractivity contribution in [2.45, 2.75) is 275 Å². The molecule has 36 nitrogen and oxygen atoms in total. The fourth-order valence-electron chi connectivity index (χ4n) is 22.6. The zero-order valence-corrected chi connectivity index (χ0v) is 80.4. The number of Topliss-reactive ketones (excluding diaryl/α,β-unsaturated/α-hetero) is 4. The van der Waals surface area contributed by atoms with Crippen LogP contribution in [0.1, 0.15) is 212 Å². The SMILES string of the molecule is CC(=O)OC12CO[C@H]1C[C@H](O)[C@@]1(C)C(=O)[C@H](O)C3=C(C)[C@@H](OC(=O)[C@@H](O)[C@@H](NC(=O)OC(C)(C)C)c4ccccc4)C[C@@](O)([C@@H](CC(=O)c4ccccc4)[C@@H]21)C3(C)C.CC(=O)OC12CO[C@H]1C[C@H](O)[C@@]1(C)C(=O)[C@H](O)C3=C(C)[C@@H](OC(=O)[C@@H](OC(=O)CCC4C(=O)C=CC4=O)[C@@H](NC(=O)OC(C)(C)C)c4ccccc4)C[C@@](O)([C@@H](CC(=O)c4ccccc4)[C@@H]21)C3(C)C.O=C(O)CCN1C(=O)C=CC1=O. The second-order valence-corrected chi connectivity index (χ2v) is 41.0. The van der Waals surface area contributed by atoms with Gasteiger partial charge in [-0.3, -0.25) is 62.4 Å². The fourth-order valence-corrected chi connectivity index (χ4v) is 22.6. The first kappa shape index (κ1) is 106. The van der Waals surface area contributed by atoms with Crippen LogP contribution in [0.25, 0.3) is 0 Å². The van der Waals surface area contributed by atoms with Gasteiger partial charge >= 0.3 is 48.0 Å². The van der Waals surface area contributed by atoms with Crippen LogP contribution in [0.15, 0.2) is 168 Å². The molecular formula is C103H123N3O33. The highest BCUT2D eigenvalue weighted by Gasteiger charge is 2.79. The number of hydrogen-bond donors (Lipinski definition) is 10. The third-order valence-electron chi connectivity index (χ3n) is 29.6. The minimum absolute atomic E-state index is 0.0163. The number of amides is 4. The average Bonchev–Trinajstić information content (AvgIpc) is 1.02. The van der Waals surface area contributed by atoms with Gasteiger partial charge in [-0.25, -0.2) is 19.2 Å². The first-order valence-electron chi connectivity index (χ1n) is 46.2. The lowest BCUT2D eigenvalue weighted by atomic mass is 9.42. The van der Waals surface area contributed by atoms with Crippen LogP contribution in [0.2, 0.25) is 0 Å². The molecule has 7 aliphatic carbocycles. The van der Waals surface area contributed by atoms with Crippen LogP contribution in [0.4, 0.5) is 9.59 Å². The van der Waals surface area contributed by atoms with E-state index in [1.165, 1.54) is 34.6 Å². The molecule has 4 saturated carbocycles. The van der Waals surface area contributed by atoms with Crippen LogP contribution in [0.3, 0.4) is 0 Å². The standard InChI is InChI=1S/C52H61NO16.C44H55NO13.C7H7NO4/c1-27-36(66-46(62)43(67-39(59)22-19-31-33(55)20-21-34(31)56)41(30-17-13-10-14-18-30)53-47(63)69-48(3,4)5)25-52(64)32(23-35(57)29-15-11-9-12-16-29)44-50(8,45(61)42(60)40(27)49(52,6)7)37(58)24-38-51(44,26-65-38)68-28(2)54;1-23-29(56-38(52)35(50)33(26-17-13-10-14-18-26)45-39(53)58-40(3,4)5)21-44(54)27(19-28(47)25-15-11-9-12-16-25)36-42(8,37(51)34(49)32(23)41(44,6)7)30(48)20-31-43(36,22-55-31)57-24(2)46;9-5-1-2-6(10)8(5)4-3-7(11)12/h9-18,20-21,31-32,36-38,41-44,58,60,64H,19,22-26H2,1-8H3,(H,53,63);9-18,27,29-31,33-36,48-50,54H,19-22H2,1-8H3,(H,45,53);1-2H,3-4H2,(H,11,12)/t32-,36-,37-,38-,41-,42+,43-,44+,50+,51?,52+;27-,29-,30-,31-,33-,34+,35-,36+,42+,43?,44+;/m00./s1. The third kappa shape index (κ3) is 20.4. The molecule has 2 unspecified atom stereocenters. The Kier molecular flexibility index (Phi) is 30.7. The molecule has 3 aliphatic heterocycles. The Labute approximate surface area is 802 Å². The van der Waals surface area contributed by atoms with E-state index in [9.17, 15) is 98.1 Å². The maximum atomic E-state index is 15.3. The van der Waals surface area contributed by atoms with Gasteiger partial charge in [0.25, 0.3) is 11.8 Å². The van der Waals surface area contributed by atoms with Crippen molar-refractivity contribution < 1.29 is 160 Å². The predicted octanol–water partition coefficient (Wildman–Crippen LogP) is 7.89. The lowest BCUT2D eigenvalue weighted by Crippen LogP contribution is -2.80. The number of aliphatic hydroxyl groups excluding tert-OH is 5. The number of esters is 5. The van der Waals surface area contributed by atoms with Crippen LogP contribution in [-0.2, 0) is 100 Å². The van der Waals surface area contributed by atoms with Gasteiger partial charge in [0.05, 0.1) is 65.8 Å². The Morgan fingerprint density at radius 1 is 0.511 bits per heavy atom. The molecule has 748 valence electrons. The Hall–Kier alpha value is -12.0. The number of carbonyl (C=O) groups is 16. The number of nitrogens with one attached hydrogen (secondary N) is 2. The number of aliphatic hydroxyl groups is 7. The zero-order valence-electron chi connectivity index (χ0n) is 80.4. The first-order chi connectivity index (χ1) is 64.9. The first-order valence-corrected chi connectivity index (χ1v) is 46.2. The number of rotatable bonds is 25. The van der Waals surface area contributed by atoms with Crippen molar-refractivity contribution in [2.75, 3.05) is 19.8 Å². The zero-order chi connectivity index (χ0) is 102. The van der Waals surface area contributed by atoms with E-state index in [4.69, 9.17) is 47.7 Å². The highest BCUT2D eigenvalue weighted by atomic mass is 16.6. The monoisotopic (exact) mass is 1930 g/mol. The molecule has 4 amide bonds. The smallest absolute Gasteiger partial charge is 0.408 e. The number of ketones is 6. The number of alkyl carbamates (subject to hydrolysis) is 2. The molecule has 4 aromatic rings. The Balaban J connectivity index is 0.000000224. The molecule has 6 fully saturated rings. The summed E-state index contributed by atoms with van der Waals surface area (Å²) in [5, 5.41) is 101. The van der Waals surface area contributed by atoms with Crippen molar-refractivity contribution in [1.82, 2.24) is 15.5 Å². The van der Waals surface area contributed by atoms with Crippen LogP contribution in [-0.4, -0.2) is 255 Å². The second kappa shape index (κ2) is 40.3. The van der Waals surface area contributed by atoms with Crippen LogP contribution in [0, 0.1) is 51.2 Å². The highest BCUT2D eigenvalue weighted by Crippen LogP contribution is 2.69. The topological polar surface area (TPSA) is 545 Å². The number of imide groups is 1. The number of nitrogens with zero attached hydrogens (tertiary/aromatic N) is 1. The van der Waals surface area contributed by atoms with Gasteiger partial charge in [-0.15, -0.1) is 0 Å². The summed E-state index contributed by atoms with van der Waals surface area (Å²) in [5.41, 5.74) is -15.1. The number of fused-ring (bicyclic) bond motifs is 10. The Morgan fingerprint density at radius 2 is 0.878 bits per heavy atom. The number of carbonyl (C=O) groups excluding carboxylic acids is 15. The maximum Gasteiger partial charge on any atom is 0.408 e. The van der Waals surface area contributed by atoms with E-state index < -0.39 is 285 Å². The van der Waals surface area contributed by atoms with Crippen molar-refractivity contribution in [3.63, 3.8) is 0 Å². The maximum absolute atomic E-state index is 15.3. The fraction of sp³-hybridized carbons (Fsp3) is 0.534. The molecule has 4 bridgehead atoms. The molecule has 10 aliphatic rings. The summed E-state index contributed by atoms with van der Waals surface area (Å²) in [6.45, 7) is 24.0. The number of ether oxygens (including phenoxy) is 9. The molecule has 139 heavy (non-hydrogen) atoms. The second-order valence-electron chi connectivity index (χ2n) is 41.0. The molecule has 22 atom stereocenters. The van der Waals surface area contributed by atoms with E-state index in [1.807, 2.05) is 0 Å². The number of allylic oxidation sites excluding steroid dienone is 2. The van der Waals surface area contributed by atoms with Gasteiger partial charge in [-0.05, 0) is 121 Å². The minimum Gasteiger partial charge on any atom is -0.481 e. The van der Waals surface area contributed by atoms with Crippen molar-refractivity contribution in [2.24, 2.45) is 51.2 Å². The molecule has 0 radical (unpaired) electrons. The minimum atomic E-state index is -2.25. The normalized spacial score (nSPS) is 31.1. The molecule has 3 heterocycles. The number of carboxylic acid groups (broad SMARTS) is 1. The van der Waals surface area contributed by atoms with Crippen LogP contribution < -0.4 is 10.6 Å². The van der Waals surface area contributed by atoms with E-state index >= 15 is 14.4 Å². The average molecular weight is 1930 g/mol. The van der Waals surface area contributed by atoms with Gasteiger partial charge < -0.3 is 94.1 Å². The van der Waals surface area contributed by atoms with Gasteiger partial charge in [0.1, 0.15) is 53.9 Å². The summed E-state index contributed by atoms with van der Waals surface area (Å²) < 4.78 is 53.1. The molecule has 14 rings (SSSR count). The van der Waals surface area contributed by atoms with Gasteiger partial charge in [0, 0.05) is 123 Å². The molecular weight excluding hydrogens is 1810 g/mol. The van der Waals surface area contributed by atoms with Crippen LogP contribution >= 0.6 is 0 Å². The number of benzene rings is 4. The van der Waals surface area contributed by atoms with E-state index in [2.05, 4.69) is 10.6 Å². The summed E-state index contributed by atoms with van der Waals surface area (Å²) in [7, 11) is 0. The summed E-state index contributed by atoms with van der Waals surface area (Å²) in [4.78, 5) is 212. The molecule has 10 N–H and O–H groups in total.